The van der Waals surface area contributed by atoms with E-state index in [0.29, 0.717) is 17.9 Å². The molecule has 1 aliphatic heterocycles. The van der Waals surface area contributed by atoms with Crippen LogP contribution in [-0.2, 0) is 16.0 Å². The van der Waals surface area contributed by atoms with E-state index < -0.39 is 23.3 Å². The first-order valence-corrected chi connectivity index (χ1v) is 10.8. The van der Waals surface area contributed by atoms with Gasteiger partial charge >= 0.3 is 0 Å². The van der Waals surface area contributed by atoms with Crippen molar-refractivity contribution < 1.29 is 14.5 Å². The Hall–Kier alpha value is -2.80. The van der Waals surface area contributed by atoms with Gasteiger partial charge in [-0.2, -0.15) is 0 Å². The number of carbonyl (C=O) groups excluding carboxylic acids is 1. The first-order chi connectivity index (χ1) is 14.2. The molecular weight excluding hydrogens is 384 g/mol. The minimum Gasteiger partial charge on any atom is -0.611 e. The lowest BCUT2D eigenvalue weighted by molar-refractivity contribution is -0.121. The van der Waals surface area contributed by atoms with E-state index in [-0.39, 0.29) is 5.91 Å². The molecule has 1 fully saturated rings. The van der Waals surface area contributed by atoms with Crippen LogP contribution in [0.15, 0.2) is 95.9 Å². The van der Waals surface area contributed by atoms with E-state index in [0.717, 1.165) is 10.6 Å². The van der Waals surface area contributed by atoms with Gasteiger partial charge < -0.3 is 9.66 Å². The maximum atomic E-state index is 13.3. The average molecular weight is 407 g/mol. The van der Waals surface area contributed by atoms with E-state index in [1.807, 2.05) is 91.0 Å². The number of hydrogen-bond acceptors (Lipinski definition) is 4. The summed E-state index contributed by atoms with van der Waals surface area (Å²) in [5, 5.41) is 14.2. The highest BCUT2D eigenvalue weighted by molar-refractivity contribution is 7.91. The van der Waals surface area contributed by atoms with Crippen LogP contribution in [0.2, 0.25) is 0 Å². The molecule has 29 heavy (non-hydrogen) atoms. The second kappa shape index (κ2) is 8.69. The zero-order chi connectivity index (χ0) is 20.2. The van der Waals surface area contributed by atoms with Crippen molar-refractivity contribution in [1.29, 1.82) is 0 Å². The van der Waals surface area contributed by atoms with Gasteiger partial charge in [0.25, 0.3) is 5.91 Å². The average Bonchev–Trinajstić information content (AvgIpc) is 3.03. The van der Waals surface area contributed by atoms with Crippen LogP contribution in [-0.4, -0.2) is 27.5 Å². The molecule has 0 radical (unpaired) electrons. The quantitative estimate of drug-likeness (QED) is 0.636. The monoisotopic (exact) mass is 406 g/mol. The third-order valence-corrected chi connectivity index (χ3v) is 6.40. The van der Waals surface area contributed by atoms with Crippen LogP contribution in [0.5, 0.6) is 0 Å². The molecule has 148 valence electrons. The molecule has 6 heteroatoms. The number of nitrogens with zero attached hydrogens (tertiary/aromatic N) is 2. The van der Waals surface area contributed by atoms with Crippen molar-refractivity contribution in [2.45, 2.75) is 17.5 Å². The molecule has 3 atom stereocenters. The lowest BCUT2D eigenvalue weighted by Crippen LogP contribution is -2.43. The summed E-state index contributed by atoms with van der Waals surface area (Å²) in [5.74, 6) is -0.552. The van der Waals surface area contributed by atoms with Crippen molar-refractivity contribution in [1.82, 2.24) is 0 Å². The van der Waals surface area contributed by atoms with Crippen LogP contribution < -0.4 is 10.0 Å². The standard InChI is InChI=1S/C23H22N2O3S/c26-22-21(16-17-29(28)20-14-8-3-9-15-20)23(27)25(19-12-6-2-7-13-19)24(22)18-10-4-1-5-11-18/h1-15,21-22,26H,16-17H2. The molecule has 1 amide bonds. The summed E-state index contributed by atoms with van der Waals surface area (Å²) in [4.78, 5) is 14.0. The van der Waals surface area contributed by atoms with Gasteiger partial charge in [-0.3, -0.25) is 4.79 Å². The van der Waals surface area contributed by atoms with Crippen molar-refractivity contribution >= 4 is 28.5 Å². The molecule has 3 unspecified atom stereocenters. The van der Waals surface area contributed by atoms with Crippen LogP contribution in [0.1, 0.15) is 6.42 Å². The molecule has 1 aliphatic rings. The van der Waals surface area contributed by atoms with Crippen LogP contribution >= 0.6 is 0 Å². The summed E-state index contributed by atoms with van der Waals surface area (Å²) >= 11 is -1.22. The summed E-state index contributed by atoms with van der Waals surface area (Å²) < 4.78 is 12.6. The Labute approximate surface area is 173 Å². The lowest BCUT2D eigenvalue weighted by atomic mass is 10.1. The Bertz CT molecular complexity index is 940. The predicted octanol–water partition coefficient (Wildman–Crippen LogP) is 3.59. The van der Waals surface area contributed by atoms with Gasteiger partial charge in [0.05, 0.1) is 17.3 Å². The number of amides is 1. The SMILES string of the molecule is O=C1C(CC[S+]([O-])c2ccccc2)C(O)N(c2ccccc2)N1c1ccccc1. The van der Waals surface area contributed by atoms with Crippen LogP contribution in [0.4, 0.5) is 11.4 Å². The van der Waals surface area contributed by atoms with Crippen LogP contribution in [0, 0.1) is 5.92 Å². The Kier molecular flexibility index (Phi) is 5.85. The van der Waals surface area contributed by atoms with E-state index in [2.05, 4.69) is 0 Å². The number of carbonyl (C=O) groups is 1. The number of aliphatic hydroxyl groups is 1. The first-order valence-electron chi connectivity index (χ1n) is 9.51. The molecule has 1 N–H and O–H groups in total. The Morgan fingerprint density at radius 3 is 1.93 bits per heavy atom. The largest absolute Gasteiger partial charge is 0.611 e. The highest BCUT2D eigenvalue weighted by Gasteiger charge is 2.47. The fourth-order valence-corrected chi connectivity index (χ4v) is 4.71. The van der Waals surface area contributed by atoms with E-state index in [4.69, 9.17) is 0 Å². The van der Waals surface area contributed by atoms with E-state index in [9.17, 15) is 14.5 Å². The summed E-state index contributed by atoms with van der Waals surface area (Å²) in [6.45, 7) is 0. The topological polar surface area (TPSA) is 66.8 Å². The highest BCUT2D eigenvalue weighted by atomic mass is 32.2. The minimum absolute atomic E-state index is 0.197. The van der Waals surface area contributed by atoms with Crippen molar-refractivity contribution in [3.63, 3.8) is 0 Å². The molecular formula is C23H22N2O3S. The molecule has 3 aromatic rings. The normalized spacial score (nSPS) is 20.1. The number of rotatable bonds is 6. The zero-order valence-corrected chi connectivity index (χ0v) is 16.6. The summed E-state index contributed by atoms with van der Waals surface area (Å²) in [7, 11) is 0. The van der Waals surface area contributed by atoms with E-state index in [1.165, 1.54) is 5.01 Å². The van der Waals surface area contributed by atoms with Gasteiger partial charge in [0.2, 0.25) is 0 Å². The Balaban J connectivity index is 1.59. The van der Waals surface area contributed by atoms with Gasteiger partial charge in [0.1, 0.15) is 5.75 Å². The second-order valence-electron chi connectivity index (χ2n) is 6.84. The number of benzene rings is 3. The minimum atomic E-state index is -1.22. The highest BCUT2D eigenvalue weighted by Crippen LogP contribution is 2.35. The number of hydrogen-bond donors (Lipinski definition) is 1. The van der Waals surface area contributed by atoms with Gasteiger partial charge in [-0.15, -0.1) is 0 Å². The second-order valence-corrected chi connectivity index (χ2v) is 8.41. The van der Waals surface area contributed by atoms with Gasteiger partial charge in [0, 0.05) is 6.42 Å². The molecule has 1 saturated heterocycles. The molecule has 0 aliphatic carbocycles. The molecule has 5 nitrogen and oxygen atoms in total. The number of para-hydroxylation sites is 2. The summed E-state index contributed by atoms with van der Waals surface area (Å²) in [5.41, 5.74) is 1.41. The molecule has 0 spiro atoms. The van der Waals surface area contributed by atoms with Gasteiger partial charge in [0.15, 0.2) is 11.1 Å². The smallest absolute Gasteiger partial charge is 0.253 e. The maximum absolute atomic E-state index is 13.3. The van der Waals surface area contributed by atoms with Crippen molar-refractivity contribution in [2.24, 2.45) is 5.92 Å². The third kappa shape index (κ3) is 4.00. The van der Waals surface area contributed by atoms with E-state index >= 15 is 0 Å². The fraction of sp³-hybridized carbons (Fsp3) is 0.174. The first kappa shape index (κ1) is 19.5. The summed E-state index contributed by atoms with van der Waals surface area (Å²) in [6.07, 6.45) is -0.702. The van der Waals surface area contributed by atoms with Crippen molar-refractivity contribution in [2.75, 3.05) is 15.8 Å². The predicted molar refractivity (Wildman–Crippen MR) is 115 cm³/mol. The maximum Gasteiger partial charge on any atom is 0.253 e. The third-order valence-electron chi connectivity index (χ3n) is 4.99. The zero-order valence-electron chi connectivity index (χ0n) is 15.8. The molecule has 4 rings (SSSR count). The van der Waals surface area contributed by atoms with Crippen LogP contribution in [0.3, 0.4) is 0 Å². The van der Waals surface area contributed by atoms with Crippen LogP contribution in [0.25, 0.3) is 0 Å². The molecule has 0 aromatic heterocycles. The van der Waals surface area contributed by atoms with Crippen molar-refractivity contribution in [3.05, 3.63) is 91.0 Å². The molecule has 0 saturated carbocycles. The Morgan fingerprint density at radius 2 is 1.34 bits per heavy atom. The van der Waals surface area contributed by atoms with Gasteiger partial charge in [-0.25, -0.2) is 10.0 Å². The lowest BCUT2D eigenvalue weighted by Gasteiger charge is -2.31. The molecule has 0 bridgehead atoms. The number of aliphatic hydroxyl groups excluding tert-OH is 1. The van der Waals surface area contributed by atoms with Gasteiger partial charge in [-0.1, -0.05) is 54.6 Å². The molecule has 3 aromatic carbocycles. The molecule has 1 heterocycles. The number of hydrazine groups is 1. The Morgan fingerprint density at radius 1 is 0.828 bits per heavy atom. The van der Waals surface area contributed by atoms with Gasteiger partial charge in [-0.05, 0) is 47.6 Å². The summed E-state index contributed by atoms with van der Waals surface area (Å²) in [6, 6.07) is 27.8. The van der Waals surface area contributed by atoms with Crippen molar-refractivity contribution in [3.8, 4) is 0 Å². The fourth-order valence-electron chi connectivity index (χ4n) is 3.55. The number of anilines is 2. The van der Waals surface area contributed by atoms with E-state index in [1.54, 1.807) is 5.01 Å².